The molecule has 3 atom stereocenters. The highest BCUT2D eigenvalue weighted by Gasteiger charge is 2.60. The lowest BCUT2D eigenvalue weighted by Gasteiger charge is -2.48. The lowest BCUT2D eigenvalue weighted by atomic mass is 9.64. The van der Waals surface area contributed by atoms with Gasteiger partial charge in [-0.3, -0.25) is 9.69 Å². The van der Waals surface area contributed by atoms with E-state index in [1.807, 2.05) is 0 Å². The normalized spacial score (nSPS) is 33.4. The van der Waals surface area contributed by atoms with Gasteiger partial charge in [0.2, 0.25) is 5.91 Å². The summed E-state index contributed by atoms with van der Waals surface area (Å²) in [5.74, 6) is 1.63. The standard InChI is InChI=1S/C22H33N3O/c1-21(2)17-9-10-18(15-17)22(21,3)23-20(26)16-24-11-13-25(14-12-24)19-7-5-4-6-8-19/h4-8,17-18H,9-16H2,1-3H3,(H,23,26)/t17-,18-,22-/m1/s1. The molecule has 0 unspecified atom stereocenters. The quantitative estimate of drug-likeness (QED) is 0.901. The minimum absolute atomic E-state index is 0.0428. The first-order valence-electron chi connectivity index (χ1n) is 10.2. The molecular weight excluding hydrogens is 322 g/mol. The highest BCUT2D eigenvalue weighted by Crippen LogP contribution is 2.61. The summed E-state index contributed by atoms with van der Waals surface area (Å²) in [5, 5.41) is 3.47. The fourth-order valence-corrected chi connectivity index (χ4v) is 5.71. The summed E-state index contributed by atoms with van der Waals surface area (Å²) < 4.78 is 0. The van der Waals surface area contributed by atoms with Crippen molar-refractivity contribution < 1.29 is 4.79 Å². The van der Waals surface area contributed by atoms with Crippen molar-refractivity contribution in [3.05, 3.63) is 30.3 Å². The molecule has 0 aromatic heterocycles. The lowest BCUT2D eigenvalue weighted by Crippen LogP contribution is -2.61. The van der Waals surface area contributed by atoms with Gasteiger partial charge in [0, 0.05) is 37.4 Å². The lowest BCUT2D eigenvalue weighted by molar-refractivity contribution is -0.126. The molecule has 3 fully saturated rings. The van der Waals surface area contributed by atoms with E-state index in [1.54, 1.807) is 0 Å². The van der Waals surface area contributed by atoms with Crippen molar-refractivity contribution in [3.8, 4) is 0 Å². The number of para-hydroxylation sites is 1. The van der Waals surface area contributed by atoms with Gasteiger partial charge in [-0.15, -0.1) is 0 Å². The third kappa shape index (κ3) is 2.92. The van der Waals surface area contributed by atoms with Crippen molar-refractivity contribution in [3.63, 3.8) is 0 Å². The average Bonchev–Trinajstić information content (AvgIpc) is 3.19. The Labute approximate surface area is 157 Å². The zero-order valence-corrected chi connectivity index (χ0v) is 16.5. The second-order valence-electron chi connectivity index (χ2n) is 9.28. The Morgan fingerprint density at radius 3 is 2.31 bits per heavy atom. The van der Waals surface area contributed by atoms with Gasteiger partial charge in [0.15, 0.2) is 0 Å². The number of nitrogens with zero attached hydrogens (tertiary/aromatic N) is 2. The molecule has 4 nitrogen and oxygen atoms in total. The minimum atomic E-state index is -0.0428. The van der Waals surface area contributed by atoms with Crippen LogP contribution in [-0.2, 0) is 4.79 Å². The van der Waals surface area contributed by atoms with Gasteiger partial charge in [0.25, 0.3) is 0 Å². The second-order valence-corrected chi connectivity index (χ2v) is 9.28. The first-order chi connectivity index (χ1) is 12.4. The number of rotatable bonds is 4. The van der Waals surface area contributed by atoms with E-state index in [4.69, 9.17) is 0 Å². The summed E-state index contributed by atoms with van der Waals surface area (Å²) in [6, 6.07) is 10.6. The van der Waals surface area contributed by atoms with Crippen LogP contribution >= 0.6 is 0 Å². The first kappa shape index (κ1) is 17.8. The molecule has 0 radical (unpaired) electrons. The third-order valence-electron chi connectivity index (χ3n) is 7.87. The van der Waals surface area contributed by atoms with E-state index in [-0.39, 0.29) is 16.9 Å². The number of piperazine rings is 1. The largest absolute Gasteiger partial charge is 0.369 e. The van der Waals surface area contributed by atoms with E-state index in [2.05, 4.69) is 66.2 Å². The first-order valence-corrected chi connectivity index (χ1v) is 10.2. The van der Waals surface area contributed by atoms with Gasteiger partial charge in [0.05, 0.1) is 6.54 Å². The molecule has 1 heterocycles. The number of nitrogens with one attached hydrogen (secondary N) is 1. The Bertz CT molecular complexity index is 651. The van der Waals surface area contributed by atoms with Crippen LogP contribution in [0.2, 0.25) is 0 Å². The number of hydrogen-bond donors (Lipinski definition) is 1. The van der Waals surface area contributed by atoms with E-state index < -0.39 is 0 Å². The number of amides is 1. The van der Waals surface area contributed by atoms with Crippen molar-refractivity contribution in [2.45, 2.75) is 45.6 Å². The summed E-state index contributed by atoms with van der Waals surface area (Å²) in [4.78, 5) is 17.5. The van der Waals surface area contributed by atoms with E-state index in [0.717, 1.165) is 32.1 Å². The summed E-state index contributed by atoms with van der Waals surface area (Å²) in [6.45, 7) is 11.4. The minimum Gasteiger partial charge on any atom is -0.369 e. The summed E-state index contributed by atoms with van der Waals surface area (Å²) in [7, 11) is 0. The molecule has 26 heavy (non-hydrogen) atoms. The molecule has 4 rings (SSSR count). The third-order valence-corrected chi connectivity index (χ3v) is 7.87. The summed E-state index contributed by atoms with van der Waals surface area (Å²) in [6.07, 6.45) is 3.91. The van der Waals surface area contributed by atoms with Gasteiger partial charge in [-0.05, 0) is 55.6 Å². The maximum Gasteiger partial charge on any atom is 0.234 e. The Morgan fingerprint density at radius 1 is 1.04 bits per heavy atom. The fraction of sp³-hybridized carbons (Fsp3) is 0.682. The van der Waals surface area contributed by atoms with Crippen LogP contribution in [0.3, 0.4) is 0 Å². The van der Waals surface area contributed by atoms with Gasteiger partial charge in [0.1, 0.15) is 0 Å². The van der Waals surface area contributed by atoms with E-state index in [1.165, 1.54) is 24.9 Å². The number of anilines is 1. The number of fused-ring (bicyclic) bond motifs is 2. The Kier molecular flexibility index (Phi) is 4.50. The molecule has 1 aromatic rings. The Hall–Kier alpha value is -1.55. The molecule has 1 saturated heterocycles. The molecule has 2 bridgehead atoms. The molecule has 1 N–H and O–H groups in total. The molecule has 1 aromatic carbocycles. The van der Waals surface area contributed by atoms with Crippen LogP contribution < -0.4 is 10.2 Å². The molecule has 3 aliphatic rings. The van der Waals surface area contributed by atoms with Crippen LogP contribution in [0.25, 0.3) is 0 Å². The Balaban J connectivity index is 1.31. The van der Waals surface area contributed by atoms with Gasteiger partial charge in [-0.2, -0.15) is 0 Å². The second kappa shape index (κ2) is 6.56. The van der Waals surface area contributed by atoms with Crippen molar-refractivity contribution in [2.24, 2.45) is 17.3 Å². The molecule has 2 saturated carbocycles. The van der Waals surface area contributed by atoms with E-state index in [9.17, 15) is 4.79 Å². The topological polar surface area (TPSA) is 35.6 Å². The maximum absolute atomic E-state index is 12.8. The highest BCUT2D eigenvalue weighted by molar-refractivity contribution is 5.79. The average molecular weight is 356 g/mol. The van der Waals surface area contributed by atoms with Gasteiger partial charge in [-0.1, -0.05) is 32.0 Å². The van der Waals surface area contributed by atoms with Crippen molar-refractivity contribution in [2.75, 3.05) is 37.6 Å². The van der Waals surface area contributed by atoms with Crippen LogP contribution in [-0.4, -0.2) is 49.1 Å². The number of hydrogen-bond acceptors (Lipinski definition) is 3. The summed E-state index contributed by atoms with van der Waals surface area (Å²) in [5.41, 5.74) is 1.45. The fourth-order valence-electron chi connectivity index (χ4n) is 5.71. The molecule has 4 heteroatoms. The van der Waals surface area contributed by atoms with Crippen LogP contribution in [0.15, 0.2) is 30.3 Å². The predicted molar refractivity (Wildman–Crippen MR) is 106 cm³/mol. The molecule has 2 aliphatic carbocycles. The molecule has 1 amide bonds. The van der Waals surface area contributed by atoms with Crippen LogP contribution in [0.1, 0.15) is 40.0 Å². The van der Waals surface area contributed by atoms with E-state index >= 15 is 0 Å². The van der Waals surface area contributed by atoms with Gasteiger partial charge in [-0.25, -0.2) is 0 Å². The Morgan fingerprint density at radius 2 is 1.69 bits per heavy atom. The zero-order valence-electron chi connectivity index (χ0n) is 16.5. The van der Waals surface area contributed by atoms with Crippen LogP contribution in [0, 0.1) is 17.3 Å². The van der Waals surface area contributed by atoms with Crippen molar-refractivity contribution in [1.82, 2.24) is 10.2 Å². The zero-order chi connectivity index (χ0) is 18.4. The van der Waals surface area contributed by atoms with Crippen LogP contribution in [0.4, 0.5) is 5.69 Å². The predicted octanol–water partition coefficient (Wildman–Crippen LogP) is 3.14. The smallest absolute Gasteiger partial charge is 0.234 e. The highest BCUT2D eigenvalue weighted by atomic mass is 16.2. The molecular formula is C22H33N3O. The number of benzene rings is 1. The number of carbonyl (C=O) groups excluding carboxylic acids is 1. The van der Waals surface area contributed by atoms with Gasteiger partial charge >= 0.3 is 0 Å². The van der Waals surface area contributed by atoms with E-state index in [0.29, 0.717) is 12.5 Å². The molecule has 142 valence electrons. The molecule has 0 spiro atoms. The maximum atomic E-state index is 12.8. The van der Waals surface area contributed by atoms with Crippen molar-refractivity contribution in [1.29, 1.82) is 0 Å². The number of carbonyl (C=O) groups is 1. The van der Waals surface area contributed by atoms with Gasteiger partial charge < -0.3 is 10.2 Å². The van der Waals surface area contributed by atoms with Crippen LogP contribution in [0.5, 0.6) is 0 Å². The summed E-state index contributed by atoms with van der Waals surface area (Å²) >= 11 is 0. The molecule has 1 aliphatic heterocycles. The van der Waals surface area contributed by atoms with Crippen molar-refractivity contribution >= 4 is 11.6 Å². The monoisotopic (exact) mass is 355 g/mol. The SMILES string of the molecule is CC1(C)[C@@H]2CC[C@H](C2)[C@@]1(C)NC(=O)CN1CCN(c2ccccc2)CC1.